The zero-order chi connectivity index (χ0) is 6.81. The Morgan fingerprint density at radius 3 is 2.90 bits per heavy atom. The molecule has 2 rings (SSSR count). The number of rotatable bonds is 1. The lowest BCUT2D eigenvalue weighted by molar-refractivity contribution is 1.08. The van der Waals surface area contributed by atoms with Gasteiger partial charge < -0.3 is 4.98 Å². The molecule has 10 heavy (non-hydrogen) atoms. The van der Waals surface area contributed by atoms with Gasteiger partial charge in [-0.25, -0.2) is 4.98 Å². The molecule has 0 fully saturated rings. The standard InChI is InChI=1S/C6H6N4/c1-2-9-10-5(1)6-7-3-4-8-6/h1-4H,(H,7,8)(H,9,10). The minimum Gasteiger partial charge on any atom is -0.343 e. The lowest BCUT2D eigenvalue weighted by atomic mass is 10.4. The Hall–Kier alpha value is -1.58. The first-order valence-corrected chi connectivity index (χ1v) is 2.96. The van der Waals surface area contributed by atoms with Crippen molar-refractivity contribution in [1.29, 1.82) is 0 Å². The Morgan fingerprint density at radius 2 is 2.30 bits per heavy atom. The van der Waals surface area contributed by atoms with Crippen LogP contribution in [0.15, 0.2) is 24.7 Å². The maximum atomic E-state index is 4.03. The molecule has 2 N–H and O–H groups in total. The zero-order valence-corrected chi connectivity index (χ0v) is 5.20. The molecular weight excluding hydrogens is 128 g/mol. The van der Waals surface area contributed by atoms with E-state index in [1.54, 1.807) is 18.6 Å². The molecule has 0 atom stereocenters. The quantitative estimate of drug-likeness (QED) is 0.606. The largest absolute Gasteiger partial charge is 0.343 e. The van der Waals surface area contributed by atoms with Crippen LogP contribution < -0.4 is 0 Å². The van der Waals surface area contributed by atoms with Crippen molar-refractivity contribution in [3.8, 4) is 11.5 Å². The summed E-state index contributed by atoms with van der Waals surface area (Å²) in [7, 11) is 0. The molecule has 0 spiro atoms. The first-order valence-electron chi connectivity index (χ1n) is 2.96. The molecule has 0 amide bonds. The van der Waals surface area contributed by atoms with Gasteiger partial charge in [0.25, 0.3) is 0 Å². The van der Waals surface area contributed by atoms with Gasteiger partial charge in [-0.2, -0.15) is 5.10 Å². The van der Waals surface area contributed by atoms with E-state index in [1.807, 2.05) is 6.07 Å². The molecule has 0 aliphatic rings. The number of H-pyrrole nitrogens is 2. The number of aromatic amines is 2. The zero-order valence-electron chi connectivity index (χ0n) is 5.20. The second kappa shape index (κ2) is 1.98. The van der Waals surface area contributed by atoms with E-state index in [0.717, 1.165) is 11.5 Å². The summed E-state index contributed by atoms with van der Waals surface area (Å²) in [6.07, 6.45) is 5.17. The minimum atomic E-state index is 0.817. The second-order valence-corrected chi connectivity index (χ2v) is 1.91. The van der Waals surface area contributed by atoms with E-state index >= 15 is 0 Å². The van der Waals surface area contributed by atoms with Crippen molar-refractivity contribution in [2.75, 3.05) is 0 Å². The molecule has 0 aliphatic heterocycles. The molecule has 2 heterocycles. The van der Waals surface area contributed by atoms with Gasteiger partial charge in [0, 0.05) is 18.6 Å². The Labute approximate surface area is 57.3 Å². The van der Waals surface area contributed by atoms with Crippen LogP contribution in [0.4, 0.5) is 0 Å². The minimum absolute atomic E-state index is 0.817. The fourth-order valence-corrected chi connectivity index (χ4v) is 0.800. The van der Waals surface area contributed by atoms with Crippen molar-refractivity contribution < 1.29 is 0 Å². The summed E-state index contributed by atoms with van der Waals surface area (Å²) in [4.78, 5) is 6.99. The maximum Gasteiger partial charge on any atom is 0.155 e. The van der Waals surface area contributed by atoms with Crippen LogP contribution in [0.5, 0.6) is 0 Å². The van der Waals surface area contributed by atoms with Crippen LogP contribution in [0.3, 0.4) is 0 Å². The molecule has 4 nitrogen and oxygen atoms in total. The molecule has 4 heteroatoms. The fraction of sp³-hybridized carbons (Fsp3) is 0. The lowest BCUT2D eigenvalue weighted by Crippen LogP contribution is -1.78. The Kier molecular flexibility index (Phi) is 1.04. The molecule has 50 valence electrons. The van der Waals surface area contributed by atoms with E-state index in [9.17, 15) is 0 Å². The fourth-order valence-electron chi connectivity index (χ4n) is 0.800. The summed E-state index contributed by atoms with van der Waals surface area (Å²) < 4.78 is 0. The van der Waals surface area contributed by atoms with Gasteiger partial charge in [-0.1, -0.05) is 0 Å². The van der Waals surface area contributed by atoms with Gasteiger partial charge in [0.05, 0.1) is 0 Å². The SMILES string of the molecule is c1cc(-c2ncc[nH]2)[nH]n1. The van der Waals surface area contributed by atoms with Crippen LogP contribution in [-0.4, -0.2) is 20.2 Å². The molecule has 0 unspecified atom stereocenters. The van der Waals surface area contributed by atoms with Gasteiger partial charge in [0.15, 0.2) is 5.82 Å². The molecule has 0 saturated carbocycles. The third-order valence-corrected chi connectivity index (χ3v) is 1.25. The first kappa shape index (κ1) is 5.22. The van der Waals surface area contributed by atoms with E-state index in [1.165, 1.54) is 0 Å². The Morgan fingerprint density at radius 1 is 1.30 bits per heavy atom. The van der Waals surface area contributed by atoms with Gasteiger partial charge in [-0.15, -0.1) is 0 Å². The monoisotopic (exact) mass is 134 g/mol. The second-order valence-electron chi connectivity index (χ2n) is 1.91. The van der Waals surface area contributed by atoms with Gasteiger partial charge >= 0.3 is 0 Å². The van der Waals surface area contributed by atoms with E-state index in [4.69, 9.17) is 0 Å². The maximum absolute atomic E-state index is 4.03. The number of nitrogens with one attached hydrogen (secondary N) is 2. The summed E-state index contributed by atoms with van der Waals surface area (Å²) in [5.41, 5.74) is 0.907. The highest BCUT2D eigenvalue weighted by Crippen LogP contribution is 2.07. The predicted octanol–water partition coefficient (Wildman–Crippen LogP) is 0.800. The highest BCUT2D eigenvalue weighted by Gasteiger charge is 1.97. The number of hydrogen-bond acceptors (Lipinski definition) is 2. The van der Waals surface area contributed by atoms with E-state index in [0.29, 0.717) is 0 Å². The smallest absolute Gasteiger partial charge is 0.155 e. The molecule has 0 bridgehead atoms. The predicted molar refractivity (Wildman–Crippen MR) is 36.2 cm³/mol. The number of imidazole rings is 1. The molecule has 2 aromatic heterocycles. The van der Waals surface area contributed by atoms with Crippen LogP contribution in [0, 0.1) is 0 Å². The van der Waals surface area contributed by atoms with E-state index < -0.39 is 0 Å². The summed E-state index contributed by atoms with van der Waals surface area (Å²) >= 11 is 0. The number of hydrogen-bond donors (Lipinski definition) is 2. The van der Waals surface area contributed by atoms with Crippen molar-refractivity contribution in [3.05, 3.63) is 24.7 Å². The molecule has 0 saturated heterocycles. The van der Waals surface area contributed by atoms with Gasteiger partial charge in [0.2, 0.25) is 0 Å². The van der Waals surface area contributed by atoms with Gasteiger partial charge in [0.1, 0.15) is 5.69 Å². The van der Waals surface area contributed by atoms with Crippen molar-refractivity contribution in [1.82, 2.24) is 20.2 Å². The normalized spacial score (nSPS) is 10.0. The van der Waals surface area contributed by atoms with Gasteiger partial charge in [-0.3, -0.25) is 5.10 Å². The lowest BCUT2D eigenvalue weighted by Gasteiger charge is -1.85. The molecule has 0 aromatic carbocycles. The average Bonchev–Trinajstić information content (AvgIpc) is 2.59. The van der Waals surface area contributed by atoms with Crippen molar-refractivity contribution in [2.45, 2.75) is 0 Å². The Bertz CT molecular complexity index is 249. The molecular formula is C6H6N4. The topological polar surface area (TPSA) is 57.4 Å². The third kappa shape index (κ3) is 0.699. The van der Waals surface area contributed by atoms with Crippen LogP contribution in [0.2, 0.25) is 0 Å². The van der Waals surface area contributed by atoms with Crippen LogP contribution in [-0.2, 0) is 0 Å². The molecule has 0 radical (unpaired) electrons. The highest BCUT2D eigenvalue weighted by molar-refractivity contribution is 5.46. The highest BCUT2D eigenvalue weighted by atomic mass is 15.1. The number of nitrogens with zero attached hydrogens (tertiary/aromatic N) is 2. The van der Waals surface area contributed by atoms with Crippen molar-refractivity contribution >= 4 is 0 Å². The van der Waals surface area contributed by atoms with Crippen molar-refractivity contribution in [2.24, 2.45) is 0 Å². The molecule has 2 aromatic rings. The summed E-state index contributed by atoms with van der Waals surface area (Å²) in [5, 5.41) is 6.59. The van der Waals surface area contributed by atoms with E-state index in [-0.39, 0.29) is 0 Å². The molecule has 0 aliphatic carbocycles. The third-order valence-electron chi connectivity index (χ3n) is 1.25. The average molecular weight is 134 g/mol. The van der Waals surface area contributed by atoms with Crippen LogP contribution >= 0.6 is 0 Å². The van der Waals surface area contributed by atoms with Crippen LogP contribution in [0.1, 0.15) is 0 Å². The Balaban J connectivity index is 2.48. The summed E-state index contributed by atoms with van der Waals surface area (Å²) in [6, 6.07) is 1.86. The summed E-state index contributed by atoms with van der Waals surface area (Å²) in [5.74, 6) is 0.817. The van der Waals surface area contributed by atoms with Gasteiger partial charge in [-0.05, 0) is 6.07 Å². The summed E-state index contributed by atoms with van der Waals surface area (Å²) in [6.45, 7) is 0. The first-order chi connectivity index (χ1) is 4.97. The van der Waals surface area contributed by atoms with E-state index in [2.05, 4.69) is 20.2 Å². The van der Waals surface area contributed by atoms with Crippen molar-refractivity contribution in [3.63, 3.8) is 0 Å². The number of aromatic nitrogens is 4. The van der Waals surface area contributed by atoms with Crippen LogP contribution in [0.25, 0.3) is 11.5 Å².